The Hall–Kier alpha value is -1.96. The first-order valence-corrected chi connectivity index (χ1v) is 9.69. The molecule has 1 N–H and O–H groups in total. The minimum absolute atomic E-state index is 0.156. The zero-order valence-electron chi connectivity index (χ0n) is 14.1. The SMILES string of the molecule is O=C(NCCCn1cc(Br)cn1)c1ccc(COc2ccc(Cl)cc2Cl)o1. The summed E-state index contributed by atoms with van der Waals surface area (Å²) in [7, 11) is 0. The quantitative estimate of drug-likeness (QED) is 0.471. The van der Waals surface area contributed by atoms with Crippen LogP contribution in [0.2, 0.25) is 10.0 Å². The van der Waals surface area contributed by atoms with E-state index in [0.717, 1.165) is 10.9 Å². The topological polar surface area (TPSA) is 69.3 Å². The van der Waals surface area contributed by atoms with E-state index in [-0.39, 0.29) is 18.3 Å². The van der Waals surface area contributed by atoms with Gasteiger partial charge in [-0.1, -0.05) is 23.2 Å². The number of aromatic nitrogens is 2. The van der Waals surface area contributed by atoms with E-state index < -0.39 is 0 Å². The van der Waals surface area contributed by atoms with Crippen molar-refractivity contribution in [3.63, 3.8) is 0 Å². The number of furan rings is 1. The van der Waals surface area contributed by atoms with E-state index in [4.69, 9.17) is 32.4 Å². The average Bonchev–Trinajstić information content (AvgIpc) is 3.27. The predicted molar refractivity (Wildman–Crippen MR) is 106 cm³/mol. The van der Waals surface area contributed by atoms with Crippen LogP contribution in [0.15, 0.2) is 51.6 Å². The molecule has 2 heterocycles. The second-order valence-electron chi connectivity index (χ2n) is 5.66. The van der Waals surface area contributed by atoms with Crippen LogP contribution in [0.4, 0.5) is 0 Å². The van der Waals surface area contributed by atoms with Crippen molar-refractivity contribution in [1.29, 1.82) is 0 Å². The van der Waals surface area contributed by atoms with Crippen LogP contribution < -0.4 is 10.1 Å². The number of hydrogen-bond acceptors (Lipinski definition) is 4. The fourth-order valence-corrected chi connectivity index (χ4v) is 3.10. The molecule has 6 nitrogen and oxygen atoms in total. The summed E-state index contributed by atoms with van der Waals surface area (Å²) in [5.41, 5.74) is 0. The summed E-state index contributed by atoms with van der Waals surface area (Å²) >= 11 is 15.2. The van der Waals surface area contributed by atoms with Crippen LogP contribution in [0.1, 0.15) is 22.7 Å². The molecule has 27 heavy (non-hydrogen) atoms. The third-order valence-electron chi connectivity index (χ3n) is 3.60. The summed E-state index contributed by atoms with van der Waals surface area (Å²) in [4.78, 5) is 12.1. The number of carbonyl (C=O) groups is 1. The van der Waals surface area contributed by atoms with Crippen molar-refractivity contribution in [1.82, 2.24) is 15.1 Å². The Morgan fingerprint density at radius 2 is 2.15 bits per heavy atom. The molecule has 3 rings (SSSR count). The standard InChI is InChI=1S/C18H16BrCl2N3O3/c19-12-9-23-24(10-12)7-1-6-22-18(25)17-5-3-14(27-17)11-26-16-4-2-13(20)8-15(16)21/h2-5,8-10H,1,6-7,11H2,(H,22,25). The Morgan fingerprint density at radius 3 is 2.89 bits per heavy atom. The number of amides is 1. The van der Waals surface area contributed by atoms with Gasteiger partial charge in [-0.25, -0.2) is 0 Å². The molecule has 0 aliphatic carbocycles. The first-order valence-electron chi connectivity index (χ1n) is 8.14. The number of nitrogens with zero attached hydrogens (tertiary/aromatic N) is 2. The highest BCUT2D eigenvalue weighted by Gasteiger charge is 2.12. The Labute approximate surface area is 174 Å². The molecule has 0 aliphatic rings. The normalized spacial score (nSPS) is 10.8. The first kappa shape index (κ1) is 19.8. The van der Waals surface area contributed by atoms with Crippen molar-refractivity contribution in [2.75, 3.05) is 6.54 Å². The van der Waals surface area contributed by atoms with E-state index in [1.807, 2.05) is 6.20 Å². The second kappa shape index (κ2) is 9.30. The number of aryl methyl sites for hydroxylation is 1. The maximum Gasteiger partial charge on any atom is 0.286 e. The molecule has 0 fully saturated rings. The monoisotopic (exact) mass is 471 g/mol. The molecule has 1 amide bonds. The smallest absolute Gasteiger partial charge is 0.286 e. The second-order valence-corrected chi connectivity index (χ2v) is 7.42. The summed E-state index contributed by atoms with van der Waals surface area (Å²) in [6.07, 6.45) is 4.36. The molecule has 9 heteroatoms. The third-order valence-corrected chi connectivity index (χ3v) is 4.54. The summed E-state index contributed by atoms with van der Waals surface area (Å²) < 4.78 is 13.8. The van der Waals surface area contributed by atoms with Gasteiger partial charge in [-0.3, -0.25) is 9.48 Å². The molecule has 0 atom stereocenters. The minimum Gasteiger partial charge on any atom is -0.484 e. The van der Waals surface area contributed by atoms with Crippen LogP contribution in [-0.4, -0.2) is 22.2 Å². The van der Waals surface area contributed by atoms with Crippen molar-refractivity contribution < 1.29 is 13.9 Å². The maximum absolute atomic E-state index is 12.1. The Balaban J connectivity index is 1.44. The van der Waals surface area contributed by atoms with Gasteiger partial charge in [0.25, 0.3) is 5.91 Å². The Morgan fingerprint density at radius 1 is 1.30 bits per heavy atom. The number of carbonyl (C=O) groups excluding carboxylic acids is 1. The van der Waals surface area contributed by atoms with Crippen molar-refractivity contribution in [3.8, 4) is 5.75 Å². The number of benzene rings is 1. The van der Waals surface area contributed by atoms with Crippen LogP contribution >= 0.6 is 39.1 Å². The summed E-state index contributed by atoms with van der Waals surface area (Å²) in [6, 6.07) is 8.27. The van der Waals surface area contributed by atoms with E-state index in [0.29, 0.717) is 34.6 Å². The van der Waals surface area contributed by atoms with E-state index in [1.54, 1.807) is 41.2 Å². The minimum atomic E-state index is -0.271. The van der Waals surface area contributed by atoms with E-state index >= 15 is 0 Å². The lowest BCUT2D eigenvalue weighted by Gasteiger charge is -2.06. The molecule has 0 unspecified atom stereocenters. The van der Waals surface area contributed by atoms with Crippen molar-refractivity contribution in [3.05, 3.63) is 68.8 Å². The number of halogens is 3. The van der Waals surface area contributed by atoms with E-state index in [2.05, 4.69) is 26.3 Å². The van der Waals surface area contributed by atoms with Gasteiger partial charge < -0.3 is 14.5 Å². The zero-order chi connectivity index (χ0) is 19.2. The highest BCUT2D eigenvalue weighted by Crippen LogP contribution is 2.28. The van der Waals surface area contributed by atoms with Crippen LogP contribution in [0, 0.1) is 0 Å². The zero-order valence-corrected chi connectivity index (χ0v) is 17.2. The summed E-state index contributed by atoms with van der Waals surface area (Å²) in [5, 5.41) is 7.92. The highest BCUT2D eigenvalue weighted by atomic mass is 79.9. The van der Waals surface area contributed by atoms with Gasteiger partial charge in [-0.05, 0) is 52.7 Å². The number of nitrogens with one attached hydrogen (secondary N) is 1. The number of ether oxygens (including phenoxy) is 1. The van der Waals surface area contributed by atoms with Gasteiger partial charge in [0, 0.05) is 24.3 Å². The molecule has 0 radical (unpaired) electrons. The highest BCUT2D eigenvalue weighted by molar-refractivity contribution is 9.10. The Bertz CT molecular complexity index is 926. The Kier molecular flexibility index (Phi) is 6.82. The molecule has 0 saturated heterocycles. The molecule has 0 spiro atoms. The fraction of sp³-hybridized carbons (Fsp3) is 0.222. The maximum atomic E-state index is 12.1. The van der Waals surface area contributed by atoms with Gasteiger partial charge in [-0.2, -0.15) is 5.10 Å². The third kappa shape index (κ3) is 5.76. The molecular formula is C18H16BrCl2N3O3. The van der Waals surface area contributed by atoms with Crippen LogP contribution in [0.25, 0.3) is 0 Å². The molecule has 0 aliphatic heterocycles. The van der Waals surface area contributed by atoms with Gasteiger partial charge in [0.05, 0.1) is 15.7 Å². The van der Waals surface area contributed by atoms with Gasteiger partial charge in [0.1, 0.15) is 18.1 Å². The molecule has 0 saturated carbocycles. The lowest BCUT2D eigenvalue weighted by Crippen LogP contribution is -2.24. The van der Waals surface area contributed by atoms with Crippen LogP contribution in [0.5, 0.6) is 5.75 Å². The first-order chi connectivity index (χ1) is 13.0. The van der Waals surface area contributed by atoms with Crippen molar-refractivity contribution in [2.24, 2.45) is 0 Å². The number of rotatable bonds is 8. The van der Waals surface area contributed by atoms with Crippen LogP contribution in [0.3, 0.4) is 0 Å². The van der Waals surface area contributed by atoms with Crippen molar-refractivity contribution in [2.45, 2.75) is 19.6 Å². The van der Waals surface area contributed by atoms with Gasteiger partial charge in [-0.15, -0.1) is 0 Å². The number of hydrogen-bond donors (Lipinski definition) is 1. The summed E-state index contributed by atoms with van der Waals surface area (Å²) in [5.74, 6) is 0.978. The largest absolute Gasteiger partial charge is 0.484 e. The van der Waals surface area contributed by atoms with Crippen molar-refractivity contribution >= 4 is 45.0 Å². The molecule has 2 aromatic heterocycles. The molecular weight excluding hydrogens is 457 g/mol. The predicted octanol–water partition coefficient (Wildman–Crippen LogP) is 4.94. The van der Waals surface area contributed by atoms with Gasteiger partial charge >= 0.3 is 0 Å². The lowest BCUT2D eigenvalue weighted by molar-refractivity contribution is 0.0921. The van der Waals surface area contributed by atoms with Crippen LogP contribution in [-0.2, 0) is 13.2 Å². The molecule has 142 valence electrons. The van der Waals surface area contributed by atoms with E-state index in [9.17, 15) is 4.79 Å². The molecule has 3 aromatic rings. The fourth-order valence-electron chi connectivity index (χ4n) is 2.31. The van der Waals surface area contributed by atoms with Gasteiger partial charge in [0.15, 0.2) is 5.76 Å². The summed E-state index contributed by atoms with van der Waals surface area (Å²) in [6.45, 7) is 1.39. The lowest BCUT2D eigenvalue weighted by atomic mass is 10.3. The van der Waals surface area contributed by atoms with E-state index in [1.165, 1.54) is 0 Å². The average molecular weight is 473 g/mol. The molecule has 1 aromatic carbocycles. The van der Waals surface area contributed by atoms with Gasteiger partial charge in [0.2, 0.25) is 0 Å². The molecule has 0 bridgehead atoms.